The van der Waals surface area contributed by atoms with Crippen molar-refractivity contribution in [2.45, 2.75) is 19.9 Å². The summed E-state index contributed by atoms with van der Waals surface area (Å²) in [6.45, 7) is 3.75. The summed E-state index contributed by atoms with van der Waals surface area (Å²) in [7, 11) is 0. The Labute approximate surface area is 218 Å². The molecule has 4 heterocycles. The number of rotatable bonds is 7. The number of H-pyrrole nitrogens is 1. The van der Waals surface area contributed by atoms with E-state index in [0.717, 1.165) is 22.5 Å². The summed E-state index contributed by atoms with van der Waals surface area (Å²) in [5, 5.41) is 21.6. The van der Waals surface area contributed by atoms with Gasteiger partial charge in [0.15, 0.2) is 11.6 Å². The first-order valence-electron chi connectivity index (χ1n) is 11.9. The highest BCUT2D eigenvalue weighted by atomic mass is 16.1. The Kier molecular flexibility index (Phi) is 6.82. The van der Waals surface area contributed by atoms with E-state index in [2.05, 4.69) is 40.8 Å². The van der Waals surface area contributed by atoms with Crippen LogP contribution >= 0.6 is 0 Å². The molecule has 0 aliphatic heterocycles. The number of amides is 1. The monoisotopic (exact) mass is 501 g/mol. The van der Waals surface area contributed by atoms with Crippen molar-refractivity contribution < 1.29 is 4.79 Å². The van der Waals surface area contributed by atoms with Gasteiger partial charge in [-0.1, -0.05) is 36.4 Å². The zero-order valence-corrected chi connectivity index (χ0v) is 20.7. The van der Waals surface area contributed by atoms with Crippen molar-refractivity contribution >= 4 is 17.5 Å². The number of pyridine rings is 2. The first-order chi connectivity index (χ1) is 18.5. The lowest BCUT2D eigenvalue weighted by Gasteiger charge is -2.14. The second-order valence-electron chi connectivity index (χ2n) is 8.59. The maximum atomic E-state index is 12.8. The number of aromatic nitrogens is 6. The van der Waals surface area contributed by atoms with Crippen molar-refractivity contribution in [2.24, 2.45) is 0 Å². The van der Waals surface area contributed by atoms with Crippen molar-refractivity contribution in [3.63, 3.8) is 0 Å². The Balaban J connectivity index is 1.26. The average Bonchev–Trinajstić information content (AvgIpc) is 3.41. The van der Waals surface area contributed by atoms with Gasteiger partial charge in [-0.25, -0.2) is 9.97 Å². The maximum absolute atomic E-state index is 12.8. The summed E-state index contributed by atoms with van der Waals surface area (Å²) in [5.74, 6) is 1.14. The zero-order valence-electron chi connectivity index (χ0n) is 20.7. The second-order valence-corrected chi connectivity index (χ2v) is 8.59. The summed E-state index contributed by atoms with van der Waals surface area (Å²) in [6, 6.07) is 22.3. The van der Waals surface area contributed by atoms with Gasteiger partial charge in [0.2, 0.25) is 0 Å². The summed E-state index contributed by atoms with van der Waals surface area (Å²) in [5.41, 5.74) is 4.81. The number of nitriles is 1. The molecule has 0 saturated heterocycles. The summed E-state index contributed by atoms with van der Waals surface area (Å²) in [4.78, 5) is 30.7. The molecule has 186 valence electrons. The van der Waals surface area contributed by atoms with Gasteiger partial charge in [0.05, 0.1) is 11.7 Å². The van der Waals surface area contributed by atoms with Crippen molar-refractivity contribution in [3.05, 3.63) is 102 Å². The standard InChI is InChI=1S/C28H23N9O/c1-17-12-25(34-26-13-22(14-29)36-37-26)35-27(32-17)21-9-11-24(31-16-21)28(38)33-18(2)20-8-10-23(30-15-20)19-6-4-3-5-7-19/h3-13,15-16,18H,1-2H3,(H,33,38)(H2,32,34,35,36,37). The van der Waals surface area contributed by atoms with Crippen LogP contribution in [-0.2, 0) is 0 Å². The molecule has 38 heavy (non-hydrogen) atoms. The van der Waals surface area contributed by atoms with Gasteiger partial charge in [-0.05, 0) is 37.6 Å². The van der Waals surface area contributed by atoms with E-state index in [9.17, 15) is 4.79 Å². The van der Waals surface area contributed by atoms with E-state index in [4.69, 9.17) is 5.26 Å². The predicted molar refractivity (Wildman–Crippen MR) is 142 cm³/mol. The number of hydrogen-bond donors (Lipinski definition) is 3. The van der Waals surface area contributed by atoms with E-state index in [1.807, 2.05) is 62.4 Å². The molecule has 0 aliphatic carbocycles. The van der Waals surface area contributed by atoms with E-state index in [0.29, 0.717) is 28.7 Å². The second kappa shape index (κ2) is 10.7. The van der Waals surface area contributed by atoms with E-state index in [1.165, 1.54) is 0 Å². The zero-order chi connectivity index (χ0) is 26.5. The minimum atomic E-state index is -0.296. The van der Waals surface area contributed by atoms with Crippen molar-refractivity contribution in [2.75, 3.05) is 5.32 Å². The Hall–Kier alpha value is -5.43. The lowest BCUT2D eigenvalue weighted by molar-refractivity contribution is 0.0935. The van der Waals surface area contributed by atoms with Crippen LogP contribution in [0.4, 0.5) is 11.6 Å². The Morgan fingerprint density at radius 3 is 2.47 bits per heavy atom. The molecule has 1 aromatic carbocycles. The summed E-state index contributed by atoms with van der Waals surface area (Å²) in [6.07, 6.45) is 3.34. The maximum Gasteiger partial charge on any atom is 0.270 e. The van der Waals surface area contributed by atoms with Crippen LogP contribution in [0.15, 0.2) is 79.1 Å². The highest BCUT2D eigenvalue weighted by Gasteiger charge is 2.15. The quantitative estimate of drug-likeness (QED) is 0.290. The van der Waals surface area contributed by atoms with Crippen LogP contribution in [-0.4, -0.2) is 36.0 Å². The lowest BCUT2D eigenvalue weighted by atomic mass is 10.1. The van der Waals surface area contributed by atoms with Gasteiger partial charge in [-0.2, -0.15) is 10.4 Å². The van der Waals surface area contributed by atoms with Crippen molar-refractivity contribution in [1.82, 2.24) is 35.5 Å². The van der Waals surface area contributed by atoms with Crippen LogP contribution in [0.3, 0.4) is 0 Å². The van der Waals surface area contributed by atoms with E-state index in [-0.39, 0.29) is 17.6 Å². The smallest absolute Gasteiger partial charge is 0.270 e. The summed E-state index contributed by atoms with van der Waals surface area (Å²) < 4.78 is 0. The molecule has 1 amide bonds. The fraction of sp³-hybridized carbons (Fsp3) is 0.107. The Morgan fingerprint density at radius 1 is 0.947 bits per heavy atom. The largest absolute Gasteiger partial charge is 0.344 e. The first-order valence-corrected chi connectivity index (χ1v) is 11.9. The number of aromatic amines is 1. The van der Waals surface area contributed by atoms with Gasteiger partial charge >= 0.3 is 0 Å². The average molecular weight is 502 g/mol. The van der Waals surface area contributed by atoms with E-state index >= 15 is 0 Å². The topological polar surface area (TPSA) is 145 Å². The van der Waals surface area contributed by atoms with E-state index < -0.39 is 0 Å². The highest BCUT2D eigenvalue weighted by Crippen LogP contribution is 2.21. The third-order valence-electron chi connectivity index (χ3n) is 5.77. The minimum Gasteiger partial charge on any atom is -0.344 e. The van der Waals surface area contributed by atoms with Crippen LogP contribution in [0, 0.1) is 18.3 Å². The normalized spacial score (nSPS) is 11.4. The van der Waals surface area contributed by atoms with Crippen LogP contribution in [0.25, 0.3) is 22.6 Å². The van der Waals surface area contributed by atoms with Crippen LogP contribution in [0.1, 0.15) is 40.4 Å². The van der Waals surface area contributed by atoms with Crippen LogP contribution < -0.4 is 10.6 Å². The Morgan fingerprint density at radius 2 is 1.79 bits per heavy atom. The molecule has 1 unspecified atom stereocenters. The predicted octanol–water partition coefficient (Wildman–Crippen LogP) is 4.74. The van der Waals surface area contributed by atoms with Crippen LogP contribution in [0.2, 0.25) is 0 Å². The van der Waals surface area contributed by atoms with Gasteiger partial charge in [0, 0.05) is 41.3 Å². The Bertz CT molecular complexity index is 1610. The molecule has 0 radical (unpaired) electrons. The number of anilines is 2. The first kappa shape index (κ1) is 24.3. The highest BCUT2D eigenvalue weighted by molar-refractivity contribution is 5.92. The third kappa shape index (κ3) is 5.52. The molecule has 0 aliphatic rings. The molecule has 4 aromatic heterocycles. The molecule has 5 aromatic rings. The van der Waals surface area contributed by atoms with Gasteiger partial charge in [-0.3, -0.25) is 19.9 Å². The number of nitrogens with one attached hydrogen (secondary N) is 3. The number of hydrogen-bond acceptors (Lipinski definition) is 8. The molecule has 0 saturated carbocycles. The molecule has 3 N–H and O–H groups in total. The minimum absolute atomic E-state index is 0.251. The van der Waals surface area contributed by atoms with Gasteiger partial charge in [-0.15, -0.1) is 0 Å². The molecule has 0 fully saturated rings. The molecule has 10 heteroatoms. The molecule has 0 bridgehead atoms. The number of nitrogens with zero attached hydrogens (tertiary/aromatic N) is 6. The van der Waals surface area contributed by atoms with Gasteiger partial charge in [0.1, 0.15) is 23.3 Å². The number of carbonyl (C=O) groups is 1. The molecule has 1 atom stereocenters. The molecular formula is C28H23N9O. The van der Waals surface area contributed by atoms with E-state index in [1.54, 1.807) is 36.7 Å². The number of carbonyl (C=O) groups excluding carboxylic acids is 1. The number of benzene rings is 1. The van der Waals surface area contributed by atoms with Crippen molar-refractivity contribution in [1.29, 1.82) is 5.26 Å². The fourth-order valence-electron chi connectivity index (χ4n) is 3.79. The molecule has 0 spiro atoms. The SMILES string of the molecule is Cc1cc(Nc2cc(C#N)[nH]n2)nc(-c2ccc(C(=O)NC(C)c3ccc(-c4ccccc4)nc3)nc2)n1. The third-order valence-corrected chi connectivity index (χ3v) is 5.77. The molecule has 10 nitrogen and oxygen atoms in total. The summed E-state index contributed by atoms with van der Waals surface area (Å²) >= 11 is 0. The lowest BCUT2D eigenvalue weighted by Crippen LogP contribution is -2.27. The fourth-order valence-corrected chi connectivity index (χ4v) is 3.79. The van der Waals surface area contributed by atoms with Gasteiger partial charge < -0.3 is 10.6 Å². The van der Waals surface area contributed by atoms with Crippen molar-refractivity contribution in [3.8, 4) is 28.7 Å². The van der Waals surface area contributed by atoms with Crippen LogP contribution in [0.5, 0.6) is 0 Å². The molecule has 5 rings (SSSR count). The van der Waals surface area contributed by atoms with Gasteiger partial charge in [0.25, 0.3) is 5.91 Å². The number of aryl methyl sites for hydroxylation is 1. The molecular weight excluding hydrogens is 478 g/mol.